The van der Waals surface area contributed by atoms with Crippen molar-refractivity contribution in [1.29, 1.82) is 0 Å². The van der Waals surface area contributed by atoms with Gasteiger partial charge in [-0.25, -0.2) is 0 Å². The Morgan fingerprint density at radius 3 is 2.10 bits per heavy atom. The van der Waals surface area contributed by atoms with Crippen LogP contribution in [0.5, 0.6) is 0 Å². The third-order valence-electron chi connectivity index (χ3n) is 5.77. The predicted octanol–water partition coefficient (Wildman–Crippen LogP) is 3.24. The summed E-state index contributed by atoms with van der Waals surface area (Å²) in [7, 11) is -1.53. The van der Waals surface area contributed by atoms with Gasteiger partial charge in [0.1, 0.15) is 0 Å². The average molecular weight is 393 g/mol. The second-order valence-electron chi connectivity index (χ2n) is 7.58. The second-order valence-corrected chi connectivity index (χ2v) is 7.58. The van der Waals surface area contributed by atoms with Crippen molar-refractivity contribution < 1.29 is 14.8 Å². The molecule has 0 heterocycles. The van der Waals surface area contributed by atoms with Crippen LogP contribution in [0.3, 0.4) is 0 Å². The normalized spacial score (nSPS) is 11.4. The van der Waals surface area contributed by atoms with E-state index in [2.05, 4.69) is 59.9 Å². The third-order valence-corrected chi connectivity index (χ3v) is 5.77. The van der Waals surface area contributed by atoms with Crippen LogP contribution < -0.4 is 10.8 Å². The lowest BCUT2D eigenvalue weighted by Crippen LogP contribution is -2.30. The summed E-state index contributed by atoms with van der Waals surface area (Å²) in [6.07, 6.45) is 0.730. The Kier molecular flexibility index (Phi) is 4.62. The Labute approximate surface area is 174 Å². The zero-order valence-corrected chi connectivity index (χ0v) is 16.3. The monoisotopic (exact) mass is 393 g/mol. The van der Waals surface area contributed by atoms with E-state index < -0.39 is 7.12 Å². The van der Waals surface area contributed by atoms with Gasteiger partial charge in [-0.3, -0.25) is 4.79 Å². The van der Waals surface area contributed by atoms with Gasteiger partial charge in [0, 0.05) is 12.1 Å². The first-order valence-electron chi connectivity index (χ1n) is 10.0. The average Bonchev–Trinajstić information content (AvgIpc) is 2.78. The van der Waals surface area contributed by atoms with Crippen LogP contribution in [0.15, 0.2) is 78.9 Å². The van der Waals surface area contributed by atoms with E-state index in [1.807, 2.05) is 0 Å². The molecule has 0 unspecified atom stereocenters. The van der Waals surface area contributed by atoms with Gasteiger partial charge in [-0.05, 0) is 61.9 Å². The predicted molar refractivity (Wildman–Crippen MR) is 122 cm³/mol. The number of benzene rings is 5. The van der Waals surface area contributed by atoms with Crippen molar-refractivity contribution >= 4 is 50.8 Å². The summed E-state index contributed by atoms with van der Waals surface area (Å²) < 4.78 is 0. The molecule has 0 radical (unpaired) electrons. The van der Waals surface area contributed by atoms with Crippen LogP contribution in [0.25, 0.3) is 32.3 Å². The molecule has 5 aromatic rings. The quantitative estimate of drug-likeness (QED) is 0.317. The number of amides is 1. The molecule has 146 valence electrons. The Morgan fingerprint density at radius 2 is 1.40 bits per heavy atom. The number of nitrogens with one attached hydrogen (secondary N) is 1. The summed E-state index contributed by atoms with van der Waals surface area (Å²) >= 11 is 0. The van der Waals surface area contributed by atoms with E-state index >= 15 is 0 Å². The van der Waals surface area contributed by atoms with Crippen LogP contribution in [-0.2, 0) is 6.42 Å². The lowest BCUT2D eigenvalue weighted by molar-refractivity contribution is 0.0954. The van der Waals surface area contributed by atoms with Gasteiger partial charge in [-0.15, -0.1) is 0 Å². The zero-order valence-electron chi connectivity index (χ0n) is 16.3. The molecule has 0 aliphatic rings. The number of carbonyl (C=O) groups is 1. The van der Waals surface area contributed by atoms with E-state index in [9.17, 15) is 4.79 Å². The summed E-state index contributed by atoms with van der Waals surface area (Å²) in [5.41, 5.74) is 2.06. The first-order chi connectivity index (χ1) is 14.6. The van der Waals surface area contributed by atoms with Crippen molar-refractivity contribution in [3.63, 3.8) is 0 Å². The molecule has 4 nitrogen and oxygen atoms in total. The molecule has 0 atom stereocenters. The molecule has 0 fully saturated rings. The van der Waals surface area contributed by atoms with Gasteiger partial charge in [0.25, 0.3) is 5.91 Å². The number of hydrogen-bond donors (Lipinski definition) is 3. The van der Waals surface area contributed by atoms with Crippen LogP contribution in [0.2, 0.25) is 0 Å². The van der Waals surface area contributed by atoms with E-state index in [1.54, 1.807) is 24.3 Å². The smallest absolute Gasteiger partial charge is 0.423 e. The fourth-order valence-corrected chi connectivity index (χ4v) is 4.23. The van der Waals surface area contributed by atoms with Gasteiger partial charge in [-0.1, -0.05) is 66.7 Å². The molecule has 5 aromatic carbocycles. The van der Waals surface area contributed by atoms with E-state index in [0.29, 0.717) is 17.6 Å². The van der Waals surface area contributed by atoms with Gasteiger partial charge in [0.05, 0.1) is 0 Å². The van der Waals surface area contributed by atoms with Crippen molar-refractivity contribution in [2.45, 2.75) is 6.42 Å². The Bertz CT molecular complexity index is 1350. The molecule has 0 saturated heterocycles. The fraction of sp³-hybridized carbons (Fsp3) is 0.0800. The largest absolute Gasteiger partial charge is 0.488 e. The molecule has 0 aliphatic heterocycles. The minimum atomic E-state index is -1.53. The molecule has 1 amide bonds. The van der Waals surface area contributed by atoms with Crippen molar-refractivity contribution in [3.8, 4) is 0 Å². The van der Waals surface area contributed by atoms with Crippen LogP contribution >= 0.6 is 0 Å². The van der Waals surface area contributed by atoms with E-state index in [0.717, 1.165) is 6.42 Å². The van der Waals surface area contributed by atoms with Gasteiger partial charge < -0.3 is 15.4 Å². The molecule has 5 rings (SSSR count). The Balaban J connectivity index is 1.38. The highest BCUT2D eigenvalue weighted by molar-refractivity contribution is 6.58. The van der Waals surface area contributed by atoms with Crippen LogP contribution in [0.1, 0.15) is 15.9 Å². The lowest BCUT2D eigenvalue weighted by atomic mass is 9.80. The summed E-state index contributed by atoms with van der Waals surface area (Å²) in [6.45, 7) is 0.521. The first kappa shape index (κ1) is 18.6. The highest BCUT2D eigenvalue weighted by atomic mass is 16.4. The highest BCUT2D eigenvalue weighted by Crippen LogP contribution is 2.35. The summed E-state index contributed by atoms with van der Waals surface area (Å²) in [4.78, 5) is 12.4. The molecule has 0 aliphatic carbocycles. The highest BCUT2D eigenvalue weighted by Gasteiger charge is 2.13. The minimum absolute atomic E-state index is 0.174. The molecule has 0 spiro atoms. The SMILES string of the molecule is O=C(NCCc1ccc2ccc3cccc4ccc1c2c34)c1ccc(B(O)O)cc1. The molecule has 30 heavy (non-hydrogen) atoms. The van der Waals surface area contributed by atoms with E-state index in [1.165, 1.54) is 37.9 Å². The van der Waals surface area contributed by atoms with Crippen LogP contribution in [-0.4, -0.2) is 29.6 Å². The summed E-state index contributed by atoms with van der Waals surface area (Å²) in [5, 5.41) is 28.8. The molecule has 0 saturated carbocycles. The maximum Gasteiger partial charge on any atom is 0.488 e. The summed E-state index contributed by atoms with van der Waals surface area (Å²) in [5.74, 6) is -0.174. The van der Waals surface area contributed by atoms with Crippen molar-refractivity contribution in [3.05, 3.63) is 90.0 Å². The maximum absolute atomic E-state index is 12.4. The zero-order chi connectivity index (χ0) is 20.7. The van der Waals surface area contributed by atoms with Crippen molar-refractivity contribution in [1.82, 2.24) is 5.32 Å². The maximum atomic E-state index is 12.4. The molecule has 0 bridgehead atoms. The Hall–Kier alpha value is -3.41. The van der Waals surface area contributed by atoms with E-state index in [-0.39, 0.29) is 5.91 Å². The van der Waals surface area contributed by atoms with Crippen LogP contribution in [0.4, 0.5) is 0 Å². The molecular formula is C25H20BNO3. The lowest BCUT2D eigenvalue weighted by Gasteiger charge is -2.14. The van der Waals surface area contributed by atoms with E-state index in [4.69, 9.17) is 10.0 Å². The van der Waals surface area contributed by atoms with Gasteiger partial charge in [0.15, 0.2) is 0 Å². The minimum Gasteiger partial charge on any atom is -0.423 e. The Morgan fingerprint density at radius 1 is 0.767 bits per heavy atom. The molecule has 0 aromatic heterocycles. The number of hydrogen-bond acceptors (Lipinski definition) is 3. The standard InChI is InChI=1S/C25H20BNO3/c28-25(20-8-11-21(12-9-20)26(29)30)27-15-14-16-4-5-19-7-6-17-2-1-3-18-10-13-22(16)24(19)23(17)18/h1-13,29-30H,14-15H2,(H,27,28). The fourth-order valence-electron chi connectivity index (χ4n) is 4.23. The second kappa shape index (κ2) is 7.45. The summed E-state index contributed by atoms with van der Waals surface area (Å²) in [6, 6.07) is 25.7. The van der Waals surface area contributed by atoms with Crippen molar-refractivity contribution in [2.75, 3.05) is 6.54 Å². The topological polar surface area (TPSA) is 69.6 Å². The van der Waals surface area contributed by atoms with Gasteiger partial charge in [0.2, 0.25) is 0 Å². The van der Waals surface area contributed by atoms with Gasteiger partial charge >= 0.3 is 7.12 Å². The molecule has 5 heteroatoms. The van der Waals surface area contributed by atoms with Gasteiger partial charge in [-0.2, -0.15) is 0 Å². The molecule has 3 N–H and O–H groups in total. The van der Waals surface area contributed by atoms with Crippen LogP contribution in [0, 0.1) is 0 Å². The van der Waals surface area contributed by atoms with Crippen molar-refractivity contribution in [2.24, 2.45) is 0 Å². The third kappa shape index (κ3) is 3.18. The molecular weight excluding hydrogens is 373 g/mol. The number of carbonyl (C=O) groups excluding carboxylic acids is 1. The number of rotatable bonds is 5. The first-order valence-corrected chi connectivity index (χ1v) is 10.0.